The third-order valence-electron chi connectivity index (χ3n) is 6.95. The van der Waals surface area contributed by atoms with E-state index in [9.17, 15) is 9.90 Å². The standard InChI is InChI=1S/C28H29NO3/c30-27(32-20-21-8-3-1-4-9-21)29-25-12-7-13-26(29)19-28(31,18-25)24-16-14-23(15-17-24)22-10-5-2-6-11-22/h1-6,8-11,14-17,25-26,31H,7,12-13,18-20H2. The van der Waals surface area contributed by atoms with Gasteiger partial charge in [-0.15, -0.1) is 0 Å². The number of aliphatic hydroxyl groups is 1. The molecule has 0 aromatic heterocycles. The molecule has 3 aromatic carbocycles. The van der Waals surface area contributed by atoms with E-state index in [0.717, 1.165) is 36.0 Å². The van der Waals surface area contributed by atoms with Crippen LogP contribution in [-0.2, 0) is 16.9 Å². The number of amides is 1. The maximum Gasteiger partial charge on any atom is 0.410 e. The summed E-state index contributed by atoms with van der Waals surface area (Å²) in [6.07, 6.45) is 3.73. The van der Waals surface area contributed by atoms with Gasteiger partial charge in [-0.3, -0.25) is 0 Å². The van der Waals surface area contributed by atoms with Crippen LogP contribution in [0.1, 0.15) is 43.2 Å². The van der Waals surface area contributed by atoms with E-state index < -0.39 is 5.60 Å². The van der Waals surface area contributed by atoms with Crippen LogP contribution in [0, 0.1) is 0 Å². The van der Waals surface area contributed by atoms with Crippen LogP contribution in [0.3, 0.4) is 0 Å². The summed E-state index contributed by atoms with van der Waals surface area (Å²) in [5, 5.41) is 11.6. The van der Waals surface area contributed by atoms with Crippen LogP contribution in [-0.4, -0.2) is 28.2 Å². The molecule has 1 N–H and O–H groups in total. The summed E-state index contributed by atoms with van der Waals surface area (Å²) >= 11 is 0. The van der Waals surface area contributed by atoms with Crippen LogP contribution in [0.25, 0.3) is 11.1 Å². The van der Waals surface area contributed by atoms with Crippen molar-refractivity contribution in [3.05, 3.63) is 96.1 Å². The van der Waals surface area contributed by atoms with Crippen molar-refractivity contribution in [1.29, 1.82) is 0 Å². The van der Waals surface area contributed by atoms with Gasteiger partial charge in [0.15, 0.2) is 0 Å². The van der Waals surface area contributed by atoms with Crippen LogP contribution in [0.15, 0.2) is 84.9 Å². The van der Waals surface area contributed by atoms with E-state index >= 15 is 0 Å². The molecule has 2 unspecified atom stereocenters. The predicted molar refractivity (Wildman–Crippen MR) is 125 cm³/mol. The second kappa shape index (κ2) is 8.79. The Morgan fingerprint density at radius 1 is 0.844 bits per heavy atom. The molecule has 0 spiro atoms. The topological polar surface area (TPSA) is 49.8 Å². The summed E-state index contributed by atoms with van der Waals surface area (Å²) in [6, 6.07) is 28.3. The molecule has 4 nitrogen and oxygen atoms in total. The van der Waals surface area contributed by atoms with Gasteiger partial charge < -0.3 is 14.7 Å². The van der Waals surface area contributed by atoms with Crippen molar-refractivity contribution in [2.45, 2.75) is 56.4 Å². The van der Waals surface area contributed by atoms with Crippen LogP contribution >= 0.6 is 0 Å². The zero-order chi connectivity index (χ0) is 22.0. The molecule has 2 fully saturated rings. The molecule has 1 amide bonds. The average Bonchev–Trinajstić information content (AvgIpc) is 2.83. The molecule has 164 valence electrons. The van der Waals surface area contributed by atoms with Crippen molar-refractivity contribution in [2.24, 2.45) is 0 Å². The van der Waals surface area contributed by atoms with Crippen LogP contribution in [0.2, 0.25) is 0 Å². The smallest absolute Gasteiger partial charge is 0.410 e. The molecular weight excluding hydrogens is 398 g/mol. The van der Waals surface area contributed by atoms with E-state index in [1.54, 1.807) is 0 Å². The lowest BCUT2D eigenvalue weighted by Crippen LogP contribution is -2.58. The van der Waals surface area contributed by atoms with Crippen molar-refractivity contribution < 1.29 is 14.6 Å². The number of fused-ring (bicyclic) bond motifs is 2. The van der Waals surface area contributed by atoms with Crippen molar-refractivity contribution in [3.63, 3.8) is 0 Å². The maximum absolute atomic E-state index is 13.0. The number of nitrogens with zero attached hydrogens (tertiary/aromatic N) is 1. The normalized spacial score (nSPS) is 24.7. The van der Waals surface area contributed by atoms with E-state index in [2.05, 4.69) is 24.3 Å². The van der Waals surface area contributed by atoms with E-state index in [1.807, 2.05) is 65.6 Å². The van der Waals surface area contributed by atoms with Gasteiger partial charge in [-0.05, 0) is 41.5 Å². The lowest BCUT2D eigenvalue weighted by Gasteiger charge is -2.51. The lowest BCUT2D eigenvalue weighted by molar-refractivity contribution is -0.0896. The minimum Gasteiger partial charge on any atom is -0.445 e. The molecule has 2 aliphatic rings. The Morgan fingerprint density at radius 2 is 1.41 bits per heavy atom. The third kappa shape index (κ3) is 4.15. The van der Waals surface area contributed by atoms with Crippen molar-refractivity contribution >= 4 is 6.09 Å². The first-order valence-corrected chi connectivity index (χ1v) is 11.5. The first-order valence-electron chi connectivity index (χ1n) is 11.5. The van der Waals surface area contributed by atoms with E-state index in [4.69, 9.17) is 4.74 Å². The fourth-order valence-corrected chi connectivity index (χ4v) is 5.36. The summed E-state index contributed by atoms with van der Waals surface area (Å²) in [4.78, 5) is 14.9. The number of rotatable bonds is 4. The van der Waals surface area contributed by atoms with E-state index in [0.29, 0.717) is 12.8 Å². The molecule has 4 heteroatoms. The lowest BCUT2D eigenvalue weighted by atomic mass is 9.72. The Labute approximate surface area is 189 Å². The summed E-state index contributed by atoms with van der Waals surface area (Å²) < 4.78 is 5.65. The van der Waals surface area contributed by atoms with Crippen LogP contribution < -0.4 is 0 Å². The molecule has 2 aliphatic heterocycles. The fourth-order valence-electron chi connectivity index (χ4n) is 5.36. The van der Waals surface area contributed by atoms with Gasteiger partial charge in [-0.25, -0.2) is 4.79 Å². The Balaban J connectivity index is 1.30. The number of benzene rings is 3. The average molecular weight is 428 g/mol. The molecule has 3 aromatic rings. The highest BCUT2D eigenvalue weighted by Gasteiger charge is 2.48. The number of carbonyl (C=O) groups is 1. The van der Waals surface area contributed by atoms with Crippen LogP contribution in [0.5, 0.6) is 0 Å². The fraction of sp³-hybridized carbons (Fsp3) is 0.321. The Bertz CT molecular complexity index is 1040. The first kappa shape index (κ1) is 20.8. The van der Waals surface area contributed by atoms with Gasteiger partial charge in [0.05, 0.1) is 5.60 Å². The largest absolute Gasteiger partial charge is 0.445 e. The van der Waals surface area contributed by atoms with Gasteiger partial charge >= 0.3 is 6.09 Å². The zero-order valence-corrected chi connectivity index (χ0v) is 18.2. The highest BCUT2D eigenvalue weighted by Crippen LogP contribution is 2.45. The summed E-state index contributed by atoms with van der Waals surface area (Å²) in [7, 11) is 0. The Morgan fingerprint density at radius 3 is 2.03 bits per heavy atom. The van der Waals surface area contributed by atoms with Gasteiger partial charge in [-0.2, -0.15) is 0 Å². The Kier molecular flexibility index (Phi) is 5.71. The second-order valence-electron chi connectivity index (χ2n) is 9.07. The molecule has 2 saturated heterocycles. The highest BCUT2D eigenvalue weighted by molar-refractivity contribution is 5.69. The van der Waals surface area contributed by atoms with Crippen molar-refractivity contribution in [2.75, 3.05) is 0 Å². The summed E-state index contributed by atoms with van der Waals surface area (Å²) in [5.41, 5.74) is 3.31. The minimum atomic E-state index is -0.915. The molecule has 32 heavy (non-hydrogen) atoms. The molecule has 5 rings (SSSR count). The van der Waals surface area contributed by atoms with Crippen molar-refractivity contribution in [3.8, 4) is 11.1 Å². The van der Waals surface area contributed by atoms with Crippen LogP contribution in [0.4, 0.5) is 4.79 Å². The summed E-state index contributed by atoms with van der Waals surface area (Å²) in [5.74, 6) is 0. The number of hydrogen-bond donors (Lipinski definition) is 1. The van der Waals surface area contributed by atoms with Gasteiger partial charge in [-0.1, -0.05) is 84.9 Å². The molecule has 2 heterocycles. The zero-order valence-electron chi connectivity index (χ0n) is 18.2. The van der Waals surface area contributed by atoms with Gasteiger partial charge in [0, 0.05) is 24.9 Å². The SMILES string of the molecule is O=C(OCc1ccccc1)N1C2CCCC1CC(O)(c1ccc(-c3ccccc3)cc1)C2. The maximum atomic E-state index is 13.0. The Hall–Kier alpha value is -3.11. The third-order valence-corrected chi connectivity index (χ3v) is 6.95. The van der Waals surface area contributed by atoms with Gasteiger partial charge in [0.2, 0.25) is 0 Å². The number of ether oxygens (including phenoxy) is 1. The van der Waals surface area contributed by atoms with E-state index in [1.165, 1.54) is 5.56 Å². The molecule has 0 saturated carbocycles. The summed E-state index contributed by atoms with van der Waals surface area (Å²) in [6.45, 7) is 0.279. The molecule has 0 aliphatic carbocycles. The number of hydrogen-bond acceptors (Lipinski definition) is 3. The van der Waals surface area contributed by atoms with Crippen molar-refractivity contribution in [1.82, 2.24) is 4.90 Å². The molecule has 2 bridgehead atoms. The monoisotopic (exact) mass is 427 g/mol. The quantitative estimate of drug-likeness (QED) is 0.564. The molecule has 0 radical (unpaired) electrons. The molecular formula is C28H29NO3. The van der Waals surface area contributed by atoms with Gasteiger partial charge in [0.25, 0.3) is 0 Å². The second-order valence-corrected chi connectivity index (χ2v) is 9.07. The number of carbonyl (C=O) groups excluding carboxylic acids is 1. The minimum absolute atomic E-state index is 0.00423. The first-order chi connectivity index (χ1) is 15.6. The van der Waals surface area contributed by atoms with Gasteiger partial charge in [0.1, 0.15) is 6.61 Å². The predicted octanol–water partition coefficient (Wildman–Crippen LogP) is 5.89. The highest BCUT2D eigenvalue weighted by atomic mass is 16.6. The van der Waals surface area contributed by atoms with E-state index in [-0.39, 0.29) is 24.8 Å². The number of piperidine rings is 2. The molecule has 2 atom stereocenters.